The standard InChI is InChI=1S/C26H29N3O3/c1-2-16-32-25-20(10-6-14-27-25)17-28-24(30)21-11-7-15-29(18-21)26(31)23-13-5-9-19-8-3-4-12-22(19)23/h3-6,8-10,12-14,21H,2,7,11,15-18H2,1H3,(H,28,30). The van der Waals surface area contributed by atoms with Crippen LogP contribution in [0, 0.1) is 5.92 Å². The van der Waals surface area contributed by atoms with Crippen LogP contribution in [0.3, 0.4) is 0 Å². The van der Waals surface area contributed by atoms with Gasteiger partial charge in [-0.15, -0.1) is 0 Å². The number of nitrogens with zero attached hydrogens (tertiary/aromatic N) is 2. The van der Waals surface area contributed by atoms with Crippen molar-refractivity contribution in [1.29, 1.82) is 0 Å². The Labute approximate surface area is 188 Å². The Hall–Kier alpha value is -3.41. The molecule has 1 saturated heterocycles. The minimum atomic E-state index is -0.223. The van der Waals surface area contributed by atoms with Gasteiger partial charge in [-0.1, -0.05) is 49.4 Å². The van der Waals surface area contributed by atoms with Gasteiger partial charge >= 0.3 is 0 Å². The molecule has 0 bridgehead atoms. The summed E-state index contributed by atoms with van der Waals surface area (Å²) in [4.78, 5) is 32.3. The maximum atomic E-state index is 13.3. The Morgan fingerprint density at radius 1 is 1.12 bits per heavy atom. The van der Waals surface area contributed by atoms with Crippen LogP contribution in [0.4, 0.5) is 0 Å². The van der Waals surface area contributed by atoms with E-state index in [4.69, 9.17) is 4.74 Å². The first-order valence-electron chi connectivity index (χ1n) is 11.3. The van der Waals surface area contributed by atoms with Crippen LogP contribution in [0.15, 0.2) is 60.8 Å². The molecule has 1 fully saturated rings. The van der Waals surface area contributed by atoms with E-state index >= 15 is 0 Å². The molecule has 2 amide bonds. The van der Waals surface area contributed by atoms with Crippen LogP contribution in [-0.2, 0) is 11.3 Å². The lowest BCUT2D eigenvalue weighted by Gasteiger charge is -2.32. The molecule has 2 aromatic carbocycles. The van der Waals surface area contributed by atoms with Gasteiger partial charge < -0.3 is 15.0 Å². The highest BCUT2D eigenvalue weighted by atomic mass is 16.5. The van der Waals surface area contributed by atoms with E-state index in [9.17, 15) is 9.59 Å². The highest BCUT2D eigenvalue weighted by Crippen LogP contribution is 2.24. The second-order valence-electron chi connectivity index (χ2n) is 8.15. The summed E-state index contributed by atoms with van der Waals surface area (Å²) < 4.78 is 5.68. The number of ether oxygens (including phenoxy) is 1. The van der Waals surface area contributed by atoms with Gasteiger partial charge in [-0.05, 0) is 42.2 Å². The number of amides is 2. The molecule has 0 aliphatic carbocycles. The Morgan fingerprint density at radius 2 is 1.97 bits per heavy atom. The zero-order valence-electron chi connectivity index (χ0n) is 18.4. The van der Waals surface area contributed by atoms with Gasteiger partial charge in [-0.3, -0.25) is 9.59 Å². The van der Waals surface area contributed by atoms with E-state index < -0.39 is 0 Å². The average Bonchev–Trinajstić information content (AvgIpc) is 2.85. The number of benzene rings is 2. The second-order valence-corrected chi connectivity index (χ2v) is 8.15. The smallest absolute Gasteiger partial charge is 0.254 e. The van der Waals surface area contributed by atoms with Crippen molar-refractivity contribution in [3.63, 3.8) is 0 Å². The van der Waals surface area contributed by atoms with E-state index in [0.29, 0.717) is 37.7 Å². The quantitative estimate of drug-likeness (QED) is 0.609. The first-order chi connectivity index (χ1) is 15.7. The Bertz CT molecular complexity index is 1090. The molecular formula is C26H29N3O3. The molecule has 1 aromatic heterocycles. The van der Waals surface area contributed by atoms with Crippen molar-refractivity contribution in [1.82, 2.24) is 15.2 Å². The molecule has 2 heterocycles. The van der Waals surface area contributed by atoms with Crippen molar-refractivity contribution in [2.75, 3.05) is 19.7 Å². The first-order valence-corrected chi connectivity index (χ1v) is 11.3. The van der Waals surface area contributed by atoms with Crippen LogP contribution in [0.5, 0.6) is 5.88 Å². The molecule has 32 heavy (non-hydrogen) atoms. The largest absolute Gasteiger partial charge is 0.477 e. The zero-order valence-corrected chi connectivity index (χ0v) is 18.4. The second kappa shape index (κ2) is 10.3. The molecule has 6 nitrogen and oxygen atoms in total. The van der Waals surface area contributed by atoms with Gasteiger partial charge in [0.05, 0.1) is 12.5 Å². The maximum absolute atomic E-state index is 13.3. The Kier molecular flexibility index (Phi) is 7.00. The fourth-order valence-corrected chi connectivity index (χ4v) is 4.17. The summed E-state index contributed by atoms with van der Waals surface area (Å²) in [6.07, 6.45) is 4.17. The SMILES string of the molecule is CCCOc1ncccc1CNC(=O)C1CCCN(C(=O)c2cccc3ccccc23)C1. The number of hydrogen-bond acceptors (Lipinski definition) is 4. The minimum Gasteiger partial charge on any atom is -0.477 e. The molecule has 1 aliphatic rings. The summed E-state index contributed by atoms with van der Waals surface area (Å²) in [6.45, 7) is 4.09. The highest BCUT2D eigenvalue weighted by Gasteiger charge is 2.29. The van der Waals surface area contributed by atoms with Gasteiger partial charge in [0.1, 0.15) is 0 Å². The van der Waals surface area contributed by atoms with E-state index in [1.807, 2.05) is 66.4 Å². The third kappa shape index (κ3) is 4.90. The predicted molar refractivity (Wildman–Crippen MR) is 124 cm³/mol. The molecule has 0 spiro atoms. The number of carbonyl (C=O) groups is 2. The fraction of sp³-hybridized carbons (Fsp3) is 0.346. The molecule has 0 radical (unpaired) electrons. The van der Waals surface area contributed by atoms with Crippen LogP contribution in [0.25, 0.3) is 10.8 Å². The summed E-state index contributed by atoms with van der Waals surface area (Å²) >= 11 is 0. The lowest BCUT2D eigenvalue weighted by molar-refractivity contribution is -0.126. The van der Waals surface area contributed by atoms with Crippen molar-refractivity contribution in [2.45, 2.75) is 32.7 Å². The first kappa shape index (κ1) is 21.8. The zero-order chi connectivity index (χ0) is 22.3. The maximum Gasteiger partial charge on any atom is 0.254 e. The van der Waals surface area contributed by atoms with Gasteiger partial charge in [0.15, 0.2) is 0 Å². The Balaban J connectivity index is 1.41. The van der Waals surface area contributed by atoms with Gasteiger partial charge in [-0.25, -0.2) is 4.98 Å². The number of aromatic nitrogens is 1. The number of pyridine rings is 1. The molecule has 1 aliphatic heterocycles. The van der Waals surface area contributed by atoms with Gasteiger partial charge in [0, 0.05) is 37.0 Å². The summed E-state index contributed by atoms with van der Waals surface area (Å²) in [6, 6.07) is 17.4. The van der Waals surface area contributed by atoms with Crippen LogP contribution < -0.4 is 10.1 Å². The number of hydrogen-bond donors (Lipinski definition) is 1. The summed E-state index contributed by atoms with van der Waals surface area (Å²) in [7, 11) is 0. The summed E-state index contributed by atoms with van der Waals surface area (Å²) in [5.74, 6) is 0.290. The molecular weight excluding hydrogens is 402 g/mol. The fourth-order valence-electron chi connectivity index (χ4n) is 4.17. The van der Waals surface area contributed by atoms with Gasteiger partial charge in [0.25, 0.3) is 5.91 Å². The predicted octanol–water partition coefficient (Wildman–Crippen LogP) is 4.19. The van der Waals surface area contributed by atoms with E-state index in [2.05, 4.69) is 10.3 Å². The number of nitrogens with one attached hydrogen (secondary N) is 1. The number of piperidine rings is 1. The minimum absolute atomic E-state index is 0.0122. The molecule has 1 N–H and O–H groups in total. The molecule has 1 unspecified atom stereocenters. The third-order valence-corrected chi connectivity index (χ3v) is 5.85. The van der Waals surface area contributed by atoms with Crippen molar-refractivity contribution in [3.8, 4) is 5.88 Å². The lowest BCUT2D eigenvalue weighted by atomic mass is 9.95. The molecule has 1 atom stereocenters. The van der Waals surface area contributed by atoms with E-state index in [1.165, 1.54) is 0 Å². The van der Waals surface area contributed by atoms with Crippen LogP contribution in [0.1, 0.15) is 42.1 Å². The average molecular weight is 432 g/mol. The summed E-state index contributed by atoms with van der Waals surface area (Å²) in [5, 5.41) is 5.01. The topological polar surface area (TPSA) is 71.5 Å². The number of fused-ring (bicyclic) bond motifs is 1. The lowest BCUT2D eigenvalue weighted by Crippen LogP contribution is -2.45. The van der Waals surface area contributed by atoms with Crippen molar-refractivity contribution in [3.05, 3.63) is 71.9 Å². The normalized spacial score (nSPS) is 16.0. The molecule has 6 heteroatoms. The van der Waals surface area contributed by atoms with E-state index in [0.717, 1.165) is 35.6 Å². The number of likely N-dealkylation sites (tertiary alicyclic amines) is 1. The number of carbonyl (C=O) groups excluding carboxylic acids is 2. The van der Waals surface area contributed by atoms with Crippen LogP contribution in [-0.4, -0.2) is 41.4 Å². The van der Waals surface area contributed by atoms with Gasteiger partial charge in [-0.2, -0.15) is 0 Å². The number of rotatable bonds is 7. The molecule has 0 saturated carbocycles. The third-order valence-electron chi connectivity index (χ3n) is 5.85. The van der Waals surface area contributed by atoms with E-state index in [-0.39, 0.29) is 17.7 Å². The molecule has 3 aromatic rings. The van der Waals surface area contributed by atoms with Crippen molar-refractivity contribution in [2.24, 2.45) is 5.92 Å². The molecule has 4 rings (SSSR count). The van der Waals surface area contributed by atoms with Crippen LogP contribution in [0.2, 0.25) is 0 Å². The van der Waals surface area contributed by atoms with E-state index in [1.54, 1.807) is 6.20 Å². The monoisotopic (exact) mass is 431 g/mol. The van der Waals surface area contributed by atoms with Crippen LogP contribution >= 0.6 is 0 Å². The van der Waals surface area contributed by atoms with Gasteiger partial charge in [0.2, 0.25) is 11.8 Å². The summed E-state index contributed by atoms with van der Waals surface area (Å²) in [5.41, 5.74) is 1.55. The molecule has 166 valence electrons. The Morgan fingerprint density at radius 3 is 2.84 bits per heavy atom. The van der Waals surface area contributed by atoms with Crippen molar-refractivity contribution < 1.29 is 14.3 Å². The highest BCUT2D eigenvalue weighted by molar-refractivity contribution is 6.07. The van der Waals surface area contributed by atoms with Crippen molar-refractivity contribution >= 4 is 22.6 Å².